The molecule has 0 spiro atoms. The van der Waals surface area contributed by atoms with Gasteiger partial charge in [-0.3, -0.25) is 4.79 Å². The van der Waals surface area contributed by atoms with Crippen molar-refractivity contribution < 1.29 is 9.90 Å². The van der Waals surface area contributed by atoms with Gasteiger partial charge in [-0.15, -0.1) is 0 Å². The van der Waals surface area contributed by atoms with Crippen LogP contribution in [0.25, 0.3) is 0 Å². The van der Waals surface area contributed by atoms with Gasteiger partial charge in [-0.25, -0.2) is 0 Å². The summed E-state index contributed by atoms with van der Waals surface area (Å²) in [7, 11) is 4.06. The molecule has 0 radical (unpaired) electrons. The largest absolute Gasteiger partial charge is 0.481 e. The van der Waals surface area contributed by atoms with E-state index in [2.05, 4.69) is 10.2 Å². The molecule has 0 aliphatic heterocycles. The van der Waals surface area contributed by atoms with E-state index in [9.17, 15) is 4.79 Å². The molecule has 0 rings (SSSR count). The second kappa shape index (κ2) is 5.98. The summed E-state index contributed by atoms with van der Waals surface area (Å²) in [6.45, 7) is 5.88. The molecule has 0 aromatic carbocycles. The highest BCUT2D eigenvalue weighted by Gasteiger charge is 2.25. The molecule has 14 heavy (non-hydrogen) atoms. The molecule has 0 bridgehead atoms. The van der Waals surface area contributed by atoms with Crippen LogP contribution in [0.2, 0.25) is 0 Å². The summed E-state index contributed by atoms with van der Waals surface area (Å²) in [4.78, 5) is 12.9. The first kappa shape index (κ1) is 13.4. The topological polar surface area (TPSA) is 52.6 Å². The Morgan fingerprint density at radius 3 is 2.43 bits per heavy atom. The van der Waals surface area contributed by atoms with E-state index in [4.69, 9.17) is 5.11 Å². The van der Waals surface area contributed by atoms with E-state index in [1.807, 2.05) is 14.1 Å². The van der Waals surface area contributed by atoms with Crippen molar-refractivity contribution in [2.75, 3.05) is 33.7 Å². The molecule has 4 nitrogen and oxygen atoms in total. The normalized spacial score (nSPS) is 12.1. The third-order valence-electron chi connectivity index (χ3n) is 2.10. The Labute approximate surface area is 86.3 Å². The molecule has 84 valence electrons. The predicted molar refractivity (Wildman–Crippen MR) is 57.5 cm³/mol. The number of hydrogen-bond acceptors (Lipinski definition) is 3. The molecule has 0 saturated carbocycles. The van der Waals surface area contributed by atoms with Gasteiger partial charge in [0.25, 0.3) is 0 Å². The number of aliphatic carboxylic acids is 1. The highest BCUT2D eigenvalue weighted by Crippen LogP contribution is 2.12. The minimum absolute atomic E-state index is 0.524. The number of carboxylic acids is 1. The van der Waals surface area contributed by atoms with Crippen LogP contribution >= 0.6 is 0 Å². The second-order valence-electron chi connectivity index (χ2n) is 4.52. The molecular formula is C10H22N2O2. The Balaban J connectivity index is 3.49. The van der Waals surface area contributed by atoms with E-state index in [-0.39, 0.29) is 0 Å². The predicted octanol–water partition coefficient (Wildman–Crippen LogP) is 0.639. The van der Waals surface area contributed by atoms with Crippen LogP contribution in [0.1, 0.15) is 20.3 Å². The van der Waals surface area contributed by atoms with Gasteiger partial charge < -0.3 is 15.3 Å². The smallest absolute Gasteiger partial charge is 0.310 e. The lowest BCUT2D eigenvalue weighted by Crippen LogP contribution is -2.36. The number of nitrogens with one attached hydrogen (secondary N) is 1. The summed E-state index contributed by atoms with van der Waals surface area (Å²) < 4.78 is 0. The van der Waals surface area contributed by atoms with E-state index >= 15 is 0 Å². The molecule has 4 heteroatoms. The third kappa shape index (κ3) is 5.94. The average molecular weight is 202 g/mol. The maximum absolute atomic E-state index is 10.7. The van der Waals surface area contributed by atoms with Crippen LogP contribution in [0.15, 0.2) is 0 Å². The van der Waals surface area contributed by atoms with Crippen LogP contribution in [0.5, 0.6) is 0 Å². The minimum Gasteiger partial charge on any atom is -0.481 e. The van der Waals surface area contributed by atoms with E-state index in [0.717, 1.165) is 19.5 Å². The standard InChI is InChI=1S/C10H22N2O2/c1-10(2,9(13)14)8-11-6-5-7-12(3)4/h11H,5-8H2,1-4H3,(H,13,14). The van der Waals surface area contributed by atoms with Crippen molar-refractivity contribution in [3.8, 4) is 0 Å². The molecule has 2 N–H and O–H groups in total. The highest BCUT2D eigenvalue weighted by molar-refractivity contribution is 5.73. The lowest BCUT2D eigenvalue weighted by atomic mass is 9.94. The lowest BCUT2D eigenvalue weighted by Gasteiger charge is -2.19. The first-order chi connectivity index (χ1) is 6.36. The monoisotopic (exact) mass is 202 g/mol. The Hall–Kier alpha value is -0.610. The molecule has 0 fully saturated rings. The van der Waals surface area contributed by atoms with Gasteiger partial charge in [0.1, 0.15) is 0 Å². The van der Waals surface area contributed by atoms with Crippen LogP contribution in [0, 0.1) is 5.41 Å². The maximum atomic E-state index is 10.7. The zero-order valence-corrected chi connectivity index (χ0v) is 9.63. The average Bonchev–Trinajstić information content (AvgIpc) is 2.02. The van der Waals surface area contributed by atoms with Crippen molar-refractivity contribution in [1.82, 2.24) is 10.2 Å². The number of carboxylic acid groups (broad SMARTS) is 1. The van der Waals surface area contributed by atoms with Gasteiger partial charge >= 0.3 is 5.97 Å². The third-order valence-corrected chi connectivity index (χ3v) is 2.10. The highest BCUT2D eigenvalue weighted by atomic mass is 16.4. The molecule has 0 aliphatic carbocycles. The van der Waals surface area contributed by atoms with Gasteiger partial charge in [0.15, 0.2) is 0 Å². The van der Waals surface area contributed by atoms with Gasteiger partial charge in [0, 0.05) is 6.54 Å². The molecule has 0 heterocycles. The molecule has 0 saturated heterocycles. The van der Waals surface area contributed by atoms with Gasteiger partial charge in [-0.05, 0) is 47.5 Å². The van der Waals surface area contributed by atoms with Crippen LogP contribution in [-0.4, -0.2) is 49.7 Å². The zero-order chi connectivity index (χ0) is 11.2. The van der Waals surface area contributed by atoms with Gasteiger partial charge in [0.2, 0.25) is 0 Å². The number of nitrogens with zero attached hydrogens (tertiary/aromatic N) is 1. The molecule has 0 amide bonds. The number of hydrogen-bond donors (Lipinski definition) is 2. The lowest BCUT2D eigenvalue weighted by molar-refractivity contribution is -0.146. The fourth-order valence-corrected chi connectivity index (χ4v) is 0.997. The zero-order valence-electron chi connectivity index (χ0n) is 9.63. The van der Waals surface area contributed by atoms with Gasteiger partial charge in [-0.2, -0.15) is 0 Å². The van der Waals surface area contributed by atoms with Crippen molar-refractivity contribution in [2.45, 2.75) is 20.3 Å². The van der Waals surface area contributed by atoms with E-state index < -0.39 is 11.4 Å². The molecule has 0 aromatic rings. The molecule has 0 atom stereocenters. The Kier molecular flexibility index (Phi) is 5.72. The minimum atomic E-state index is -0.752. The van der Waals surface area contributed by atoms with Crippen LogP contribution in [0.4, 0.5) is 0 Å². The van der Waals surface area contributed by atoms with E-state index in [0.29, 0.717) is 6.54 Å². The quantitative estimate of drug-likeness (QED) is 0.595. The summed E-state index contributed by atoms with van der Waals surface area (Å²) >= 11 is 0. The van der Waals surface area contributed by atoms with E-state index in [1.54, 1.807) is 13.8 Å². The summed E-state index contributed by atoms with van der Waals surface area (Å²) in [6.07, 6.45) is 1.04. The molecular weight excluding hydrogens is 180 g/mol. The summed E-state index contributed by atoms with van der Waals surface area (Å²) in [5.41, 5.74) is -0.669. The first-order valence-corrected chi connectivity index (χ1v) is 4.95. The van der Waals surface area contributed by atoms with Crippen molar-refractivity contribution >= 4 is 5.97 Å². The SMILES string of the molecule is CN(C)CCCNCC(C)(C)C(=O)O. The van der Waals surface area contributed by atoms with E-state index in [1.165, 1.54) is 0 Å². The number of rotatable bonds is 7. The second-order valence-corrected chi connectivity index (χ2v) is 4.52. The summed E-state index contributed by atoms with van der Waals surface area (Å²) in [6, 6.07) is 0. The van der Waals surface area contributed by atoms with Crippen LogP contribution in [0.3, 0.4) is 0 Å². The van der Waals surface area contributed by atoms with Crippen molar-refractivity contribution in [3.63, 3.8) is 0 Å². The Bertz CT molecular complexity index is 179. The van der Waals surface area contributed by atoms with Crippen LogP contribution in [-0.2, 0) is 4.79 Å². The van der Waals surface area contributed by atoms with Crippen molar-refractivity contribution in [2.24, 2.45) is 5.41 Å². The van der Waals surface area contributed by atoms with Gasteiger partial charge in [0.05, 0.1) is 5.41 Å². The fraction of sp³-hybridized carbons (Fsp3) is 0.900. The molecule has 0 aromatic heterocycles. The summed E-state index contributed by atoms with van der Waals surface area (Å²) in [5, 5.41) is 12.0. The number of carbonyl (C=O) groups is 1. The maximum Gasteiger partial charge on any atom is 0.310 e. The Morgan fingerprint density at radius 1 is 1.43 bits per heavy atom. The first-order valence-electron chi connectivity index (χ1n) is 4.95. The summed E-state index contributed by atoms with van der Waals surface area (Å²) in [5.74, 6) is -0.752. The van der Waals surface area contributed by atoms with Crippen molar-refractivity contribution in [1.29, 1.82) is 0 Å². The van der Waals surface area contributed by atoms with Gasteiger partial charge in [-0.1, -0.05) is 0 Å². The Morgan fingerprint density at radius 2 is 2.00 bits per heavy atom. The van der Waals surface area contributed by atoms with Crippen LogP contribution < -0.4 is 5.32 Å². The molecule has 0 aliphatic rings. The van der Waals surface area contributed by atoms with Crippen molar-refractivity contribution in [3.05, 3.63) is 0 Å². The fourth-order valence-electron chi connectivity index (χ4n) is 0.997. The molecule has 0 unspecified atom stereocenters.